The van der Waals surface area contributed by atoms with E-state index in [9.17, 15) is 32.3 Å². The fraction of sp³-hybridized carbons (Fsp3) is 0.393. The number of halogens is 3. The predicted octanol–water partition coefficient (Wildman–Crippen LogP) is 3.49. The number of hydrogen-bond acceptors (Lipinski definition) is 8. The first-order valence-electron chi connectivity index (χ1n) is 12.9. The number of benzene rings is 2. The molecule has 2 atom stereocenters. The third-order valence-electron chi connectivity index (χ3n) is 6.93. The van der Waals surface area contributed by atoms with Gasteiger partial charge in [0.1, 0.15) is 18.5 Å². The SMILES string of the molecule is COC(=O)C[C@H](NC(=O)[C@@H]1CCCCN(C(=O)c2noc3ccccc23)C1)C(=O)COc1c(C)c(F)cc(F)c1F. The van der Waals surface area contributed by atoms with Crippen LogP contribution in [0.1, 0.15) is 41.7 Å². The van der Waals surface area contributed by atoms with Crippen molar-refractivity contribution in [1.82, 2.24) is 15.4 Å². The summed E-state index contributed by atoms with van der Waals surface area (Å²) in [6.07, 6.45) is 1.07. The van der Waals surface area contributed by atoms with Crippen molar-refractivity contribution in [3.63, 3.8) is 0 Å². The van der Waals surface area contributed by atoms with Crippen LogP contribution in [0.15, 0.2) is 34.9 Å². The number of fused-ring (bicyclic) bond motifs is 1. The molecule has 13 heteroatoms. The fourth-order valence-corrected chi connectivity index (χ4v) is 4.60. The van der Waals surface area contributed by atoms with Crippen LogP contribution in [0.3, 0.4) is 0 Å². The summed E-state index contributed by atoms with van der Waals surface area (Å²) in [6.45, 7) is 0.648. The van der Waals surface area contributed by atoms with Crippen molar-refractivity contribution >= 4 is 34.5 Å². The lowest BCUT2D eigenvalue weighted by Gasteiger charge is -2.25. The number of esters is 1. The minimum Gasteiger partial charge on any atom is -0.482 e. The summed E-state index contributed by atoms with van der Waals surface area (Å²) in [4.78, 5) is 53.0. The van der Waals surface area contributed by atoms with Crippen LogP contribution < -0.4 is 10.1 Å². The molecule has 2 heterocycles. The van der Waals surface area contributed by atoms with E-state index in [0.717, 1.165) is 14.0 Å². The number of ether oxygens (including phenoxy) is 2. The van der Waals surface area contributed by atoms with Gasteiger partial charge in [-0.05, 0) is 31.9 Å². The molecule has 1 fully saturated rings. The Balaban J connectivity index is 1.47. The normalized spacial score (nSPS) is 16.1. The number of para-hydroxylation sites is 1. The first-order valence-corrected chi connectivity index (χ1v) is 12.9. The maximum absolute atomic E-state index is 14.2. The Morgan fingerprint density at radius 2 is 1.90 bits per heavy atom. The molecule has 0 unspecified atom stereocenters. The third-order valence-corrected chi connectivity index (χ3v) is 6.93. The molecule has 41 heavy (non-hydrogen) atoms. The standard InChI is InChI=1S/C28H28F3N3O7/c1-15-18(29)11-19(30)24(31)26(15)40-14-21(35)20(12-23(36)39-2)32-27(37)16-7-5-6-10-34(13-16)28(38)25-17-8-3-4-9-22(17)41-33-25/h3-4,8-9,11,16,20H,5-7,10,12-14H2,1-2H3,(H,32,37)/t16-,20+/m1/s1. The molecule has 4 rings (SSSR count). The van der Waals surface area contributed by atoms with Gasteiger partial charge in [-0.15, -0.1) is 0 Å². The number of hydrogen-bond donors (Lipinski definition) is 1. The summed E-state index contributed by atoms with van der Waals surface area (Å²) in [7, 11) is 1.10. The van der Waals surface area contributed by atoms with Gasteiger partial charge in [0.05, 0.1) is 24.8 Å². The highest BCUT2D eigenvalue weighted by Crippen LogP contribution is 2.27. The fourth-order valence-electron chi connectivity index (χ4n) is 4.60. The Bertz CT molecular complexity index is 1450. The van der Waals surface area contributed by atoms with Gasteiger partial charge in [-0.1, -0.05) is 23.7 Å². The van der Waals surface area contributed by atoms with Gasteiger partial charge in [0, 0.05) is 24.7 Å². The van der Waals surface area contributed by atoms with Gasteiger partial charge < -0.3 is 24.2 Å². The monoisotopic (exact) mass is 575 g/mol. The van der Waals surface area contributed by atoms with E-state index in [1.807, 2.05) is 0 Å². The van der Waals surface area contributed by atoms with E-state index >= 15 is 0 Å². The Kier molecular flexibility index (Phi) is 9.25. The van der Waals surface area contributed by atoms with Crippen LogP contribution in [0.4, 0.5) is 13.2 Å². The topological polar surface area (TPSA) is 128 Å². The van der Waals surface area contributed by atoms with Gasteiger partial charge in [-0.25, -0.2) is 8.78 Å². The van der Waals surface area contributed by atoms with Crippen LogP contribution in [0.25, 0.3) is 11.0 Å². The van der Waals surface area contributed by atoms with Crippen LogP contribution in [0, 0.1) is 30.3 Å². The number of nitrogens with zero attached hydrogens (tertiary/aromatic N) is 2. The van der Waals surface area contributed by atoms with Gasteiger partial charge in [-0.2, -0.15) is 4.39 Å². The Morgan fingerprint density at radius 3 is 2.66 bits per heavy atom. The van der Waals surface area contributed by atoms with Crippen LogP contribution in [0.5, 0.6) is 5.75 Å². The minimum absolute atomic E-state index is 0.0223. The zero-order valence-corrected chi connectivity index (χ0v) is 22.4. The van der Waals surface area contributed by atoms with E-state index in [2.05, 4.69) is 15.2 Å². The smallest absolute Gasteiger partial charge is 0.308 e. The van der Waals surface area contributed by atoms with Crippen molar-refractivity contribution < 1.29 is 46.3 Å². The molecule has 3 aromatic rings. The van der Waals surface area contributed by atoms with Crippen LogP contribution >= 0.6 is 0 Å². The maximum atomic E-state index is 14.2. The first-order chi connectivity index (χ1) is 19.6. The average Bonchev–Trinajstić information content (AvgIpc) is 3.23. The van der Waals surface area contributed by atoms with Crippen molar-refractivity contribution in [3.05, 3.63) is 59.0 Å². The summed E-state index contributed by atoms with van der Waals surface area (Å²) >= 11 is 0. The molecule has 2 amide bonds. The second-order valence-corrected chi connectivity index (χ2v) is 9.68. The summed E-state index contributed by atoms with van der Waals surface area (Å²) in [5.74, 6) is -8.27. The lowest BCUT2D eigenvalue weighted by atomic mass is 10.0. The number of methoxy groups -OCH3 is 1. The average molecular weight is 576 g/mol. The minimum atomic E-state index is -1.50. The summed E-state index contributed by atoms with van der Waals surface area (Å²) < 4.78 is 56.6. The number of Topliss-reactive ketones (excluding diaryl/α,β-unsaturated/α-hetero) is 1. The molecule has 10 nitrogen and oxygen atoms in total. The third kappa shape index (κ3) is 6.67. The number of carbonyl (C=O) groups excluding carboxylic acids is 4. The molecule has 0 saturated carbocycles. The van der Waals surface area contributed by atoms with Crippen molar-refractivity contribution in [2.24, 2.45) is 5.92 Å². The molecule has 0 spiro atoms. The van der Waals surface area contributed by atoms with Crippen LogP contribution in [-0.2, 0) is 19.1 Å². The highest BCUT2D eigenvalue weighted by molar-refractivity contribution is 6.04. The molecular formula is C28H28F3N3O7. The molecule has 1 saturated heterocycles. The largest absolute Gasteiger partial charge is 0.482 e. The van der Waals surface area contributed by atoms with Gasteiger partial charge in [0.15, 0.2) is 28.6 Å². The van der Waals surface area contributed by atoms with Crippen LogP contribution in [0.2, 0.25) is 0 Å². The summed E-state index contributed by atoms with van der Waals surface area (Å²) in [5, 5.41) is 6.95. The van der Waals surface area contributed by atoms with Crippen molar-refractivity contribution in [2.75, 3.05) is 26.8 Å². The first kappa shape index (κ1) is 29.6. The van der Waals surface area contributed by atoms with E-state index in [1.54, 1.807) is 24.3 Å². The van der Waals surface area contributed by atoms with Crippen LogP contribution in [-0.4, -0.2) is 66.5 Å². The molecule has 1 aromatic heterocycles. The lowest BCUT2D eigenvalue weighted by molar-refractivity contribution is -0.143. The maximum Gasteiger partial charge on any atom is 0.308 e. The number of likely N-dealkylation sites (tertiary alicyclic amines) is 1. The Hall–Kier alpha value is -4.42. The van der Waals surface area contributed by atoms with E-state index in [4.69, 9.17) is 9.26 Å². The number of ketones is 1. The molecule has 218 valence electrons. The zero-order chi connectivity index (χ0) is 29.7. The van der Waals surface area contributed by atoms with E-state index in [-0.39, 0.29) is 17.8 Å². The number of amides is 2. The molecule has 1 aliphatic heterocycles. The number of carbonyl (C=O) groups is 4. The van der Waals surface area contributed by atoms with Crippen molar-refractivity contribution in [2.45, 2.75) is 38.6 Å². The van der Waals surface area contributed by atoms with Crippen molar-refractivity contribution in [1.29, 1.82) is 0 Å². The molecule has 1 N–H and O–H groups in total. The van der Waals surface area contributed by atoms with E-state index in [1.165, 1.54) is 4.90 Å². The van der Waals surface area contributed by atoms with Gasteiger partial charge in [-0.3, -0.25) is 19.2 Å². The number of rotatable bonds is 9. The van der Waals surface area contributed by atoms with Gasteiger partial charge in [0.25, 0.3) is 5.91 Å². The zero-order valence-electron chi connectivity index (χ0n) is 22.4. The van der Waals surface area contributed by atoms with E-state index < -0.39 is 71.8 Å². The van der Waals surface area contributed by atoms with Crippen molar-refractivity contribution in [3.8, 4) is 5.75 Å². The quantitative estimate of drug-likeness (QED) is 0.304. The second kappa shape index (κ2) is 12.8. The van der Waals surface area contributed by atoms with Gasteiger partial charge >= 0.3 is 5.97 Å². The summed E-state index contributed by atoms with van der Waals surface area (Å²) in [5.41, 5.74) is 0.213. The van der Waals surface area contributed by atoms with Gasteiger partial charge in [0.2, 0.25) is 11.7 Å². The Morgan fingerprint density at radius 1 is 1.15 bits per heavy atom. The Labute approximate surface area is 232 Å². The molecule has 0 aliphatic carbocycles. The molecule has 0 radical (unpaired) electrons. The molecule has 0 bridgehead atoms. The summed E-state index contributed by atoms with van der Waals surface area (Å²) in [6, 6.07) is 5.80. The highest BCUT2D eigenvalue weighted by atomic mass is 19.2. The number of aromatic nitrogens is 1. The highest BCUT2D eigenvalue weighted by Gasteiger charge is 2.33. The molecule has 1 aliphatic rings. The number of nitrogens with one attached hydrogen (secondary N) is 1. The molecular weight excluding hydrogens is 547 g/mol. The second-order valence-electron chi connectivity index (χ2n) is 9.68. The lowest BCUT2D eigenvalue weighted by Crippen LogP contribution is -2.48. The predicted molar refractivity (Wildman–Crippen MR) is 137 cm³/mol. The van der Waals surface area contributed by atoms with E-state index in [0.29, 0.717) is 42.8 Å². The molecule has 2 aromatic carbocycles.